The molecule has 2 aromatic heterocycles. The maximum absolute atomic E-state index is 12.7. The molecule has 1 aromatic carbocycles. The second-order valence-electron chi connectivity index (χ2n) is 6.93. The van der Waals surface area contributed by atoms with Crippen molar-refractivity contribution in [2.75, 3.05) is 14.2 Å². The number of rotatable bonds is 4. The molecule has 2 heterocycles. The smallest absolute Gasteiger partial charge is 0.260 e. The second kappa shape index (κ2) is 7.19. The SMILES string of the molecule is COc1ccc(/C=C/c2nc3sc4c(c3c(=O)[nH]2)CC[C@@H](C)C4)cc1OC. The van der Waals surface area contributed by atoms with Crippen molar-refractivity contribution in [3.63, 3.8) is 0 Å². The van der Waals surface area contributed by atoms with Gasteiger partial charge in [0.05, 0.1) is 19.6 Å². The van der Waals surface area contributed by atoms with Crippen LogP contribution in [0.5, 0.6) is 11.5 Å². The zero-order chi connectivity index (χ0) is 19.0. The molecule has 27 heavy (non-hydrogen) atoms. The Bertz CT molecular complexity index is 1080. The van der Waals surface area contributed by atoms with Gasteiger partial charge < -0.3 is 14.5 Å². The first-order valence-corrected chi connectivity index (χ1v) is 9.85. The van der Waals surface area contributed by atoms with Crippen LogP contribution in [-0.4, -0.2) is 24.2 Å². The number of nitrogens with zero attached hydrogens (tertiary/aromatic N) is 1. The number of thiophene rings is 1. The molecule has 0 spiro atoms. The number of hydrogen-bond acceptors (Lipinski definition) is 5. The van der Waals surface area contributed by atoms with Crippen LogP contribution in [0.2, 0.25) is 0 Å². The summed E-state index contributed by atoms with van der Waals surface area (Å²) in [6, 6.07) is 5.67. The lowest BCUT2D eigenvalue weighted by Crippen LogP contribution is -2.13. The molecular weight excluding hydrogens is 360 g/mol. The molecule has 5 nitrogen and oxygen atoms in total. The lowest BCUT2D eigenvalue weighted by molar-refractivity contribution is 0.355. The number of aryl methyl sites for hydroxylation is 1. The lowest BCUT2D eigenvalue weighted by Gasteiger charge is -2.17. The van der Waals surface area contributed by atoms with Gasteiger partial charge in [-0.2, -0.15) is 0 Å². The summed E-state index contributed by atoms with van der Waals surface area (Å²) in [4.78, 5) is 22.4. The monoisotopic (exact) mass is 382 g/mol. The average Bonchev–Trinajstić information content (AvgIpc) is 3.03. The van der Waals surface area contributed by atoms with E-state index in [0.29, 0.717) is 23.2 Å². The van der Waals surface area contributed by atoms with Gasteiger partial charge in [0.15, 0.2) is 11.5 Å². The fourth-order valence-electron chi connectivity index (χ4n) is 3.58. The van der Waals surface area contributed by atoms with Gasteiger partial charge in [0.2, 0.25) is 0 Å². The Balaban J connectivity index is 1.69. The quantitative estimate of drug-likeness (QED) is 0.731. The summed E-state index contributed by atoms with van der Waals surface area (Å²) in [6.45, 7) is 2.27. The van der Waals surface area contributed by atoms with E-state index in [1.165, 1.54) is 10.4 Å². The summed E-state index contributed by atoms with van der Waals surface area (Å²) in [6.07, 6.45) is 6.89. The van der Waals surface area contributed by atoms with Crippen LogP contribution in [0.4, 0.5) is 0 Å². The maximum Gasteiger partial charge on any atom is 0.260 e. The van der Waals surface area contributed by atoms with Crippen molar-refractivity contribution in [2.24, 2.45) is 5.92 Å². The average molecular weight is 382 g/mol. The zero-order valence-electron chi connectivity index (χ0n) is 15.7. The van der Waals surface area contributed by atoms with Crippen LogP contribution in [0.3, 0.4) is 0 Å². The molecule has 0 saturated carbocycles. The molecule has 0 bridgehead atoms. The molecule has 3 aromatic rings. The summed E-state index contributed by atoms with van der Waals surface area (Å²) >= 11 is 1.66. The van der Waals surface area contributed by atoms with Crippen LogP contribution < -0.4 is 15.0 Å². The number of H-pyrrole nitrogens is 1. The van der Waals surface area contributed by atoms with Crippen molar-refractivity contribution in [1.82, 2.24) is 9.97 Å². The second-order valence-corrected chi connectivity index (χ2v) is 8.01. The Morgan fingerprint density at radius 2 is 2.04 bits per heavy atom. The summed E-state index contributed by atoms with van der Waals surface area (Å²) in [5.74, 6) is 2.58. The standard InChI is InChI=1S/C21H22N2O3S/c1-12-4-7-14-17(10-12)27-21-19(14)20(24)22-18(23-21)9-6-13-5-8-15(25-2)16(11-13)26-3/h5-6,8-9,11-12H,4,7,10H2,1-3H3,(H,22,23,24)/b9-6+/t12-/m1/s1. The van der Waals surface area contributed by atoms with Crippen LogP contribution in [-0.2, 0) is 12.8 Å². The van der Waals surface area contributed by atoms with Gasteiger partial charge in [-0.25, -0.2) is 4.98 Å². The van der Waals surface area contributed by atoms with E-state index in [1.807, 2.05) is 30.4 Å². The summed E-state index contributed by atoms with van der Waals surface area (Å²) in [5.41, 5.74) is 2.10. The Morgan fingerprint density at radius 1 is 1.22 bits per heavy atom. The zero-order valence-corrected chi connectivity index (χ0v) is 16.5. The molecule has 1 aliphatic carbocycles. The highest BCUT2D eigenvalue weighted by molar-refractivity contribution is 7.18. The van der Waals surface area contributed by atoms with E-state index in [4.69, 9.17) is 9.47 Å². The molecule has 0 saturated heterocycles. The predicted molar refractivity (Wildman–Crippen MR) is 110 cm³/mol. The van der Waals surface area contributed by atoms with E-state index in [2.05, 4.69) is 16.9 Å². The van der Waals surface area contributed by atoms with E-state index in [0.717, 1.165) is 35.0 Å². The highest BCUT2D eigenvalue weighted by Crippen LogP contribution is 2.35. The number of hydrogen-bond donors (Lipinski definition) is 1. The number of aromatic amines is 1. The third-order valence-corrected chi connectivity index (χ3v) is 6.17. The fourth-order valence-corrected chi connectivity index (χ4v) is 4.97. The number of nitrogens with one attached hydrogen (secondary N) is 1. The Labute approximate surface area is 161 Å². The van der Waals surface area contributed by atoms with Gasteiger partial charge in [0, 0.05) is 4.88 Å². The van der Waals surface area contributed by atoms with Crippen molar-refractivity contribution in [2.45, 2.75) is 26.2 Å². The van der Waals surface area contributed by atoms with E-state index >= 15 is 0 Å². The Morgan fingerprint density at radius 3 is 2.81 bits per heavy atom. The van der Waals surface area contributed by atoms with Gasteiger partial charge >= 0.3 is 0 Å². The first-order chi connectivity index (χ1) is 13.1. The summed E-state index contributed by atoms with van der Waals surface area (Å²) in [7, 11) is 3.22. The van der Waals surface area contributed by atoms with Gasteiger partial charge in [-0.05, 0) is 54.5 Å². The minimum absolute atomic E-state index is 0.0426. The highest BCUT2D eigenvalue weighted by atomic mass is 32.1. The van der Waals surface area contributed by atoms with Crippen molar-refractivity contribution >= 4 is 33.7 Å². The van der Waals surface area contributed by atoms with Crippen molar-refractivity contribution in [3.8, 4) is 11.5 Å². The van der Waals surface area contributed by atoms with E-state index in [-0.39, 0.29) is 5.56 Å². The number of benzene rings is 1. The van der Waals surface area contributed by atoms with Crippen LogP contribution in [0.25, 0.3) is 22.4 Å². The van der Waals surface area contributed by atoms with Gasteiger partial charge in [0.25, 0.3) is 5.56 Å². The minimum Gasteiger partial charge on any atom is -0.493 e. The van der Waals surface area contributed by atoms with E-state index in [1.54, 1.807) is 25.6 Å². The Kier molecular flexibility index (Phi) is 4.74. The molecule has 0 aliphatic heterocycles. The molecule has 0 fully saturated rings. The third kappa shape index (κ3) is 3.37. The first kappa shape index (κ1) is 17.8. The predicted octanol–water partition coefficient (Wildman–Crippen LogP) is 4.30. The largest absolute Gasteiger partial charge is 0.493 e. The van der Waals surface area contributed by atoms with Crippen molar-refractivity contribution < 1.29 is 9.47 Å². The maximum atomic E-state index is 12.7. The van der Waals surface area contributed by atoms with E-state index in [9.17, 15) is 4.79 Å². The number of methoxy groups -OCH3 is 2. The van der Waals surface area contributed by atoms with Gasteiger partial charge in [-0.15, -0.1) is 11.3 Å². The van der Waals surface area contributed by atoms with Crippen molar-refractivity contribution in [1.29, 1.82) is 0 Å². The van der Waals surface area contributed by atoms with Crippen LogP contribution in [0, 0.1) is 5.92 Å². The minimum atomic E-state index is -0.0426. The first-order valence-electron chi connectivity index (χ1n) is 9.03. The molecule has 6 heteroatoms. The Hall–Kier alpha value is -2.60. The summed E-state index contributed by atoms with van der Waals surface area (Å²) < 4.78 is 10.6. The lowest BCUT2D eigenvalue weighted by atomic mass is 9.89. The molecule has 1 N–H and O–H groups in total. The normalized spacial score (nSPS) is 16.6. The fraction of sp³-hybridized carbons (Fsp3) is 0.333. The van der Waals surface area contributed by atoms with Crippen molar-refractivity contribution in [3.05, 3.63) is 50.4 Å². The number of fused-ring (bicyclic) bond motifs is 3. The highest BCUT2D eigenvalue weighted by Gasteiger charge is 2.22. The molecule has 0 amide bonds. The molecular formula is C21H22N2O3S. The molecule has 0 radical (unpaired) electrons. The third-order valence-electron chi connectivity index (χ3n) is 5.03. The molecule has 0 unspecified atom stereocenters. The topological polar surface area (TPSA) is 64.2 Å². The van der Waals surface area contributed by atoms with E-state index < -0.39 is 0 Å². The number of aromatic nitrogens is 2. The van der Waals surface area contributed by atoms with Crippen LogP contribution >= 0.6 is 11.3 Å². The van der Waals surface area contributed by atoms with Gasteiger partial charge in [-0.1, -0.05) is 19.1 Å². The summed E-state index contributed by atoms with van der Waals surface area (Å²) in [5, 5.41) is 0.783. The molecule has 1 atom stereocenters. The number of ether oxygens (including phenoxy) is 2. The molecule has 4 rings (SSSR count). The molecule has 1 aliphatic rings. The van der Waals surface area contributed by atoms with Crippen LogP contribution in [0.1, 0.15) is 35.2 Å². The van der Waals surface area contributed by atoms with Gasteiger partial charge in [-0.3, -0.25) is 4.79 Å². The van der Waals surface area contributed by atoms with Gasteiger partial charge in [0.1, 0.15) is 10.7 Å². The van der Waals surface area contributed by atoms with Crippen LogP contribution in [0.15, 0.2) is 23.0 Å². The molecule has 140 valence electrons.